The Labute approximate surface area is 112 Å². The van der Waals surface area contributed by atoms with Gasteiger partial charge in [-0.15, -0.1) is 0 Å². The Balaban J connectivity index is 1.91. The highest BCUT2D eigenvalue weighted by molar-refractivity contribution is 5.90. The summed E-state index contributed by atoms with van der Waals surface area (Å²) in [4.78, 5) is 11.5. The van der Waals surface area contributed by atoms with E-state index in [0.717, 1.165) is 19.3 Å². The summed E-state index contributed by atoms with van der Waals surface area (Å²) in [5.41, 5.74) is 5.77. The van der Waals surface area contributed by atoms with Gasteiger partial charge in [0.1, 0.15) is 0 Å². The molecule has 104 valence electrons. The van der Waals surface area contributed by atoms with E-state index in [9.17, 15) is 9.18 Å². The maximum atomic E-state index is 13.8. The van der Waals surface area contributed by atoms with E-state index in [1.54, 1.807) is 12.1 Å². The Hall–Kier alpha value is -1.62. The van der Waals surface area contributed by atoms with Gasteiger partial charge in [0.2, 0.25) is 5.91 Å². The molecule has 3 N–H and O–H groups in total. The third kappa shape index (κ3) is 3.92. The number of carbonyl (C=O) groups excluding carboxylic acids is 1. The Kier molecular flexibility index (Phi) is 4.74. The van der Waals surface area contributed by atoms with Crippen molar-refractivity contribution < 1.29 is 13.9 Å². The minimum Gasteiger partial charge on any atom is -0.487 e. The lowest BCUT2D eigenvalue weighted by Gasteiger charge is -2.26. The fraction of sp³-hybridized carbons (Fsp3) is 0.500. The molecule has 1 amide bonds. The third-order valence-electron chi connectivity index (χ3n) is 3.17. The van der Waals surface area contributed by atoms with Crippen LogP contribution in [0.3, 0.4) is 0 Å². The van der Waals surface area contributed by atoms with Gasteiger partial charge in [-0.3, -0.25) is 4.79 Å². The summed E-state index contributed by atoms with van der Waals surface area (Å²) < 4.78 is 19.3. The molecule has 1 aromatic rings. The van der Waals surface area contributed by atoms with E-state index < -0.39 is 5.82 Å². The smallest absolute Gasteiger partial charge is 0.224 e. The van der Waals surface area contributed by atoms with Crippen LogP contribution in [-0.2, 0) is 4.79 Å². The zero-order valence-corrected chi connectivity index (χ0v) is 10.8. The molecule has 0 unspecified atom stereocenters. The number of nitrogens with two attached hydrogens (primary N) is 1. The molecule has 0 heterocycles. The van der Waals surface area contributed by atoms with E-state index in [0.29, 0.717) is 25.1 Å². The number of hydrogen-bond donors (Lipinski definition) is 2. The second kappa shape index (κ2) is 6.52. The molecule has 5 heteroatoms. The van der Waals surface area contributed by atoms with E-state index in [4.69, 9.17) is 10.5 Å². The minimum atomic E-state index is -0.441. The molecule has 0 saturated heterocycles. The number of benzene rings is 1. The van der Waals surface area contributed by atoms with E-state index in [1.165, 1.54) is 6.07 Å². The molecular formula is C14H19FN2O2. The SMILES string of the molecule is NCCCC(=O)Nc1ccc(OC2CCC2)c(F)c1. The number of hydrogen-bond acceptors (Lipinski definition) is 3. The van der Waals surface area contributed by atoms with E-state index in [1.807, 2.05) is 0 Å². The monoisotopic (exact) mass is 266 g/mol. The Morgan fingerprint density at radius 1 is 1.47 bits per heavy atom. The van der Waals surface area contributed by atoms with Crippen molar-refractivity contribution in [2.24, 2.45) is 5.73 Å². The number of nitrogens with one attached hydrogen (secondary N) is 1. The van der Waals surface area contributed by atoms with Crippen molar-refractivity contribution in [3.8, 4) is 5.75 Å². The summed E-state index contributed by atoms with van der Waals surface area (Å²) in [5.74, 6) is -0.342. The fourth-order valence-electron chi connectivity index (χ4n) is 1.83. The van der Waals surface area contributed by atoms with Gasteiger partial charge in [-0.05, 0) is 44.4 Å². The topological polar surface area (TPSA) is 64.4 Å². The van der Waals surface area contributed by atoms with Gasteiger partial charge in [-0.1, -0.05) is 0 Å². The van der Waals surface area contributed by atoms with Crippen LogP contribution >= 0.6 is 0 Å². The van der Waals surface area contributed by atoms with Crippen LogP contribution in [-0.4, -0.2) is 18.6 Å². The lowest BCUT2D eigenvalue weighted by atomic mass is 9.96. The highest BCUT2D eigenvalue weighted by atomic mass is 19.1. The maximum Gasteiger partial charge on any atom is 0.224 e. The first kappa shape index (κ1) is 13.8. The van der Waals surface area contributed by atoms with Crippen LogP contribution < -0.4 is 15.8 Å². The standard InChI is InChI=1S/C14H19FN2O2/c15-12-9-10(17-14(18)5-2-8-16)6-7-13(12)19-11-3-1-4-11/h6-7,9,11H,1-5,8,16H2,(H,17,18). The van der Waals surface area contributed by atoms with Crippen molar-refractivity contribution in [2.75, 3.05) is 11.9 Å². The molecule has 1 aromatic carbocycles. The fourth-order valence-corrected chi connectivity index (χ4v) is 1.83. The van der Waals surface area contributed by atoms with Crippen LogP contribution in [0.15, 0.2) is 18.2 Å². The minimum absolute atomic E-state index is 0.138. The van der Waals surface area contributed by atoms with Crippen LogP contribution in [0.5, 0.6) is 5.75 Å². The van der Waals surface area contributed by atoms with Gasteiger partial charge in [0.15, 0.2) is 11.6 Å². The first-order valence-corrected chi connectivity index (χ1v) is 6.65. The van der Waals surface area contributed by atoms with Gasteiger partial charge >= 0.3 is 0 Å². The molecule has 0 atom stereocenters. The molecule has 1 saturated carbocycles. The molecule has 0 aliphatic heterocycles. The molecule has 2 rings (SSSR count). The summed E-state index contributed by atoms with van der Waals surface area (Å²) in [5, 5.41) is 2.64. The second-order valence-corrected chi connectivity index (χ2v) is 4.76. The molecule has 1 aliphatic rings. The number of amides is 1. The van der Waals surface area contributed by atoms with Gasteiger partial charge in [0.25, 0.3) is 0 Å². The van der Waals surface area contributed by atoms with Gasteiger partial charge in [0.05, 0.1) is 6.10 Å². The summed E-state index contributed by atoms with van der Waals surface area (Å²) in [6.45, 7) is 0.468. The predicted molar refractivity (Wildman–Crippen MR) is 71.6 cm³/mol. The van der Waals surface area contributed by atoms with Crippen LogP contribution in [0.25, 0.3) is 0 Å². The van der Waals surface area contributed by atoms with Crippen LogP contribution in [0.4, 0.5) is 10.1 Å². The largest absolute Gasteiger partial charge is 0.487 e. The van der Waals surface area contributed by atoms with Gasteiger partial charge in [-0.2, -0.15) is 0 Å². The first-order valence-electron chi connectivity index (χ1n) is 6.65. The van der Waals surface area contributed by atoms with Gasteiger partial charge < -0.3 is 15.8 Å². The van der Waals surface area contributed by atoms with Crippen molar-refractivity contribution in [3.05, 3.63) is 24.0 Å². The lowest BCUT2D eigenvalue weighted by Crippen LogP contribution is -2.25. The van der Waals surface area contributed by atoms with Crippen molar-refractivity contribution in [1.29, 1.82) is 0 Å². The van der Waals surface area contributed by atoms with Gasteiger partial charge in [-0.25, -0.2) is 4.39 Å². The zero-order chi connectivity index (χ0) is 13.7. The molecule has 4 nitrogen and oxygen atoms in total. The van der Waals surface area contributed by atoms with Crippen molar-refractivity contribution in [2.45, 2.75) is 38.2 Å². The maximum absolute atomic E-state index is 13.8. The highest BCUT2D eigenvalue weighted by Crippen LogP contribution is 2.28. The quantitative estimate of drug-likeness (QED) is 0.831. The highest BCUT2D eigenvalue weighted by Gasteiger charge is 2.20. The van der Waals surface area contributed by atoms with Gasteiger partial charge in [0, 0.05) is 18.2 Å². The average Bonchev–Trinajstić information content (AvgIpc) is 2.33. The van der Waals surface area contributed by atoms with E-state index >= 15 is 0 Å². The summed E-state index contributed by atoms with van der Waals surface area (Å²) in [6.07, 6.45) is 4.21. The first-order chi connectivity index (χ1) is 9.19. The predicted octanol–water partition coefficient (Wildman–Crippen LogP) is 2.43. The lowest BCUT2D eigenvalue weighted by molar-refractivity contribution is -0.116. The number of rotatable bonds is 6. The number of halogens is 1. The Bertz CT molecular complexity index is 447. The molecule has 0 radical (unpaired) electrons. The Morgan fingerprint density at radius 2 is 2.26 bits per heavy atom. The third-order valence-corrected chi connectivity index (χ3v) is 3.17. The Morgan fingerprint density at radius 3 is 2.84 bits per heavy atom. The molecule has 1 fully saturated rings. The van der Waals surface area contributed by atoms with E-state index in [-0.39, 0.29) is 17.8 Å². The summed E-state index contributed by atoms with van der Waals surface area (Å²) in [6, 6.07) is 4.50. The molecule has 0 bridgehead atoms. The molecule has 0 spiro atoms. The number of ether oxygens (including phenoxy) is 1. The van der Waals surface area contributed by atoms with Crippen molar-refractivity contribution >= 4 is 11.6 Å². The number of carbonyl (C=O) groups is 1. The average molecular weight is 266 g/mol. The number of anilines is 1. The molecular weight excluding hydrogens is 247 g/mol. The van der Waals surface area contributed by atoms with Crippen LogP contribution in [0, 0.1) is 5.82 Å². The zero-order valence-electron chi connectivity index (χ0n) is 10.8. The van der Waals surface area contributed by atoms with Crippen molar-refractivity contribution in [3.63, 3.8) is 0 Å². The van der Waals surface area contributed by atoms with Crippen LogP contribution in [0.1, 0.15) is 32.1 Å². The summed E-state index contributed by atoms with van der Waals surface area (Å²) >= 11 is 0. The molecule has 1 aliphatic carbocycles. The van der Waals surface area contributed by atoms with Crippen LogP contribution in [0.2, 0.25) is 0 Å². The van der Waals surface area contributed by atoms with E-state index in [2.05, 4.69) is 5.32 Å². The summed E-state index contributed by atoms with van der Waals surface area (Å²) in [7, 11) is 0. The normalized spacial score (nSPS) is 14.8. The molecule has 19 heavy (non-hydrogen) atoms. The second-order valence-electron chi connectivity index (χ2n) is 4.76. The van der Waals surface area contributed by atoms with Crippen molar-refractivity contribution in [1.82, 2.24) is 0 Å². The molecule has 0 aromatic heterocycles.